The minimum atomic E-state index is -0.0470. The number of hydrogen-bond acceptors (Lipinski definition) is 6. The number of aromatic nitrogens is 4. The molecule has 2 heterocycles. The van der Waals surface area contributed by atoms with E-state index in [2.05, 4.69) is 19.9 Å². The van der Waals surface area contributed by atoms with E-state index in [4.69, 9.17) is 21.1 Å². The standard InChI is InChI=1S/C13H15ClN4O2/c1-4-19-10-5-9(6-15-7-10)11-16-12(14)18-13(17-11)20-8(2)3/h5-8H,4H2,1-3H3. The van der Waals surface area contributed by atoms with E-state index in [0.29, 0.717) is 23.7 Å². The molecule has 0 radical (unpaired) electrons. The second-order valence-corrected chi connectivity index (χ2v) is 4.56. The molecule has 0 fully saturated rings. The van der Waals surface area contributed by atoms with Crippen LogP contribution >= 0.6 is 11.6 Å². The van der Waals surface area contributed by atoms with Crippen LogP contribution in [0.2, 0.25) is 5.28 Å². The second-order valence-electron chi connectivity index (χ2n) is 4.22. The topological polar surface area (TPSA) is 70.0 Å². The molecule has 20 heavy (non-hydrogen) atoms. The van der Waals surface area contributed by atoms with Crippen molar-refractivity contribution in [2.45, 2.75) is 26.9 Å². The highest BCUT2D eigenvalue weighted by Gasteiger charge is 2.10. The van der Waals surface area contributed by atoms with Gasteiger partial charge in [0.05, 0.1) is 18.9 Å². The van der Waals surface area contributed by atoms with Crippen molar-refractivity contribution in [3.63, 3.8) is 0 Å². The van der Waals surface area contributed by atoms with Gasteiger partial charge in [0.1, 0.15) is 5.75 Å². The highest BCUT2D eigenvalue weighted by Crippen LogP contribution is 2.22. The second kappa shape index (κ2) is 6.47. The van der Waals surface area contributed by atoms with E-state index in [1.165, 1.54) is 0 Å². The molecule has 0 aromatic carbocycles. The predicted molar refractivity (Wildman–Crippen MR) is 75.0 cm³/mol. The minimum absolute atomic E-state index is 0.0470. The number of pyridine rings is 1. The van der Waals surface area contributed by atoms with Gasteiger partial charge in [0.15, 0.2) is 5.82 Å². The van der Waals surface area contributed by atoms with E-state index in [0.717, 1.165) is 0 Å². The van der Waals surface area contributed by atoms with E-state index in [-0.39, 0.29) is 17.4 Å². The van der Waals surface area contributed by atoms with Crippen LogP contribution < -0.4 is 9.47 Å². The molecule has 0 spiro atoms. The summed E-state index contributed by atoms with van der Waals surface area (Å²) in [5.74, 6) is 1.04. The summed E-state index contributed by atoms with van der Waals surface area (Å²) in [6, 6.07) is 1.98. The molecular formula is C13H15ClN4O2. The predicted octanol–water partition coefficient (Wildman–Crippen LogP) is 2.77. The van der Waals surface area contributed by atoms with Gasteiger partial charge in [-0.2, -0.15) is 15.0 Å². The summed E-state index contributed by atoms with van der Waals surface area (Å²) in [4.78, 5) is 16.3. The summed E-state index contributed by atoms with van der Waals surface area (Å²) < 4.78 is 10.8. The fourth-order valence-electron chi connectivity index (χ4n) is 1.51. The molecule has 0 amide bonds. The molecule has 7 heteroatoms. The van der Waals surface area contributed by atoms with Crippen LogP contribution in [-0.4, -0.2) is 32.6 Å². The largest absolute Gasteiger partial charge is 0.492 e. The molecule has 6 nitrogen and oxygen atoms in total. The van der Waals surface area contributed by atoms with Crippen molar-refractivity contribution in [2.24, 2.45) is 0 Å². The van der Waals surface area contributed by atoms with Crippen LogP contribution in [0.3, 0.4) is 0 Å². The summed E-state index contributed by atoms with van der Waals surface area (Å²) in [7, 11) is 0. The van der Waals surface area contributed by atoms with Crippen molar-refractivity contribution in [3.05, 3.63) is 23.7 Å². The number of hydrogen-bond donors (Lipinski definition) is 0. The molecular weight excluding hydrogens is 280 g/mol. The third kappa shape index (κ3) is 3.77. The molecule has 0 aliphatic heterocycles. The van der Waals surface area contributed by atoms with Crippen molar-refractivity contribution >= 4 is 11.6 Å². The summed E-state index contributed by atoms with van der Waals surface area (Å²) in [6.45, 7) is 6.23. The average molecular weight is 295 g/mol. The van der Waals surface area contributed by atoms with Gasteiger partial charge in [-0.3, -0.25) is 4.98 Å². The van der Waals surface area contributed by atoms with E-state index >= 15 is 0 Å². The lowest BCUT2D eigenvalue weighted by molar-refractivity contribution is 0.222. The van der Waals surface area contributed by atoms with Gasteiger partial charge in [-0.1, -0.05) is 0 Å². The first-order chi connectivity index (χ1) is 9.58. The first kappa shape index (κ1) is 14.5. The molecule has 0 saturated carbocycles. The van der Waals surface area contributed by atoms with E-state index in [9.17, 15) is 0 Å². The van der Waals surface area contributed by atoms with Crippen LogP contribution in [0, 0.1) is 0 Å². The molecule has 0 saturated heterocycles. The maximum atomic E-state index is 5.89. The molecule has 2 aromatic heterocycles. The maximum Gasteiger partial charge on any atom is 0.321 e. The lowest BCUT2D eigenvalue weighted by Crippen LogP contribution is -2.09. The fraction of sp³-hybridized carbons (Fsp3) is 0.385. The van der Waals surface area contributed by atoms with Crippen molar-refractivity contribution in [1.82, 2.24) is 19.9 Å². The number of halogens is 1. The Morgan fingerprint density at radius 1 is 1.20 bits per heavy atom. The van der Waals surface area contributed by atoms with Crippen LogP contribution in [0.5, 0.6) is 11.8 Å². The Morgan fingerprint density at radius 3 is 2.70 bits per heavy atom. The zero-order chi connectivity index (χ0) is 14.5. The number of ether oxygens (including phenoxy) is 2. The lowest BCUT2D eigenvalue weighted by Gasteiger charge is -2.09. The fourth-order valence-corrected chi connectivity index (χ4v) is 1.66. The summed E-state index contributed by atoms with van der Waals surface area (Å²) in [5, 5.41) is 0.0764. The zero-order valence-corrected chi connectivity index (χ0v) is 12.3. The summed E-state index contributed by atoms with van der Waals surface area (Å²) in [6.07, 6.45) is 3.21. The first-order valence-corrected chi connectivity index (χ1v) is 6.62. The van der Waals surface area contributed by atoms with Gasteiger partial charge in [0.25, 0.3) is 0 Å². The van der Waals surface area contributed by atoms with Crippen LogP contribution in [0.4, 0.5) is 0 Å². The normalized spacial score (nSPS) is 10.7. The Morgan fingerprint density at radius 2 is 2.00 bits per heavy atom. The molecule has 0 bridgehead atoms. The first-order valence-electron chi connectivity index (χ1n) is 6.25. The molecule has 0 atom stereocenters. The summed E-state index contributed by atoms with van der Waals surface area (Å²) in [5.41, 5.74) is 0.689. The van der Waals surface area contributed by atoms with Gasteiger partial charge in [-0.15, -0.1) is 0 Å². The van der Waals surface area contributed by atoms with Gasteiger partial charge >= 0.3 is 6.01 Å². The molecule has 0 aliphatic rings. The molecule has 0 aliphatic carbocycles. The van der Waals surface area contributed by atoms with Crippen LogP contribution in [0.25, 0.3) is 11.4 Å². The Bertz CT molecular complexity index is 592. The zero-order valence-electron chi connectivity index (χ0n) is 11.5. The smallest absolute Gasteiger partial charge is 0.321 e. The summed E-state index contributed by atoms with van der Waals surface area (Å²) >= 11 is 5.89. The Labute approximate surface area is 122 Å². The van der Waals surface area contributed by atoms with Crippen molar-refractivity contribution < 1.29 is 9.47 Å². The third-order valence-corrected chi connectivity index (χ3v) is 2.38. The monoisotopic (exact) mass is 294 g/mol. The van der Waals surface area contributed by atoms with Crippen molar-refractivity contribution in [2.75, 3.05) is 6.61 Å². The van der Waals surface area contributed by atoms with Gasteiger partial charge in [-0.05, 0) is 38.4 Å². The highest BCUT2D eigenvalue weighted by molar-refractivity contribution is 6.28. The molecule has 2 aromatic rings. The third-order valence-electron chi connectivity index (χ3n) is 2.21. The maximum absolute atomic E-state index is 5.89. The molecule has 2 rings (SSSR count). The van der Waals surface area contributed by atoms with Gasteiger partial charge < -0.3 is 9.47 Å². The average Bonchev–Trinajstić information content (AvgIpc) is 2.38. The number of nitrogens with zero attached hydrogens (tertiary/aromatic N) is 4. The van der Waals surface area contributed by atoms with Crippen LogP contribution in [-0.2, 0) is 0 Å². The quantitative estimate of drug-likeness (QED) is 0.844. The minimum Gasteiger partial charge on any atom is -0.492 e. The Balaban J connectivity index is 2.36. The Hall–Kier alpha value is -1.95. The molecule has 106 valence electrons. The van der Waals surface area contributed by atoms with Gasteiger partial charge in [0, 0.05) is 11.8 Å². The Kier molecular flexibility index (Phi) is 4.68. The number of rotatable bonds is 5. The SMILES string of the molecule is CCOc1cncc(-c2nc(Cl)nc(OC(C)C)n2)c1. The van der Waals surface area contributed by atoms with Gasteiger partial charge in [0.2, 0.25) is 5.28 Å². The van der Waals surface area contributed by atoms with Crippen molar-refractivity contribution in [1.29, 1.82) is 0 Å². The van der Waals surface area contributed by atoms with Crippen LogP contribution in [0.1, 0.15) is 20.8 Å². The molecule has 0 unspecified atom stereocenters. The lowest BCUT2D eigenvalue weighted by atomic mass is 10.2. The van der Waals surface area contributed by atoms with E-state index in [1.54, 1.807) is 18.5 Å². The van der Waals surface area contributed by atoms with Crippen molar-refractivity contribution in [3.8, 4) is 23.1 Å². The van der Waals surface area contributed by atoms with E-state index < -0.39 is 0 Å². The van der Waals surface area contributed by atoms with E-state index in [1.807, 2.05) is 20.8 Å². The van der Waals surface area contributed by atoms with Gasteiger partial charge in [-0.25, -0.2) is 0 Å². The van der Waals surface area contributed by atoms with Crippen LogP contribution in [0.15, 0.2) is 18.5 Å². The molecule has 0 N–H and O–H groups in total. The highest BCUT2D eigenvalue weighted by atomic mass is 35.5.